The predicted molar refractivity (Wildman–Crippen MR) is 151 cm³/mol. The van der Waals surface area contributed by atoms with Gasteiger partial charge in [-0.2, -0.15) is 5.10 Å². The highest BCUT2D eigenvalue weighted by Gasteiger charge is 2.36. The Hall–Kier alpha value is -2.71. The van der Waals surface area contributed by atoms with Gasteiger partial charge >= 0.3 is 6.09 Å². The van der Waals surface area contributed by atoms with Gasteiger partial charge in [-0.05, 0) is 67.6 Å². The maximum atomic E-state index is 12.3. The predicted octanol–water partition coefficient (Wildman–Crippen LogP) is 7.23. The van der Waals surface area contributed by atoms with Crippen molar-refractivity contribution in [1.29, 1.82) is 0 Å². The van der Waals surface area contributed by atoms with Gasteiger partial charge in [0, 0.05) is 31.0 Å². The van der Waals surface area contributed by atoms with Crippen molar-refractivity contribution in [2.45, 2.75) is 73.0 Å². The summed E-state index contributed by atoms with van der Waals surface area (Å²) in [6.07, 6.45) is 7.82. The molecular weight excluding hydrogens is 520 g/mol. The lowest BCUT2D eigenvalue weighted by Gasteiger charge is -2.39. The molecule has 4 rings (SSSR count). The zero-order valence-electron chi connectivity index (χ0n) is 21.6. The van der Waals surface area contributed by atoms with Gasteiger partial charge in [-0.3, -0.25) is 0 Å². The molecule has 1 amide bonds. The fourth-order valence-electron chi connectivity index (χ4n) is 3.64. The van der Waals surface area contributed by atoms with E-state index in [9.17, 15) is 9.90 Å². The van der Waals surface area contributed by atoms with Gasteiger partial charge in [-0.25, -0.2) is 14.3 Å². The lowest BCUT2D eigenvalue weighted by atomic mass is 9.84. The van der Waals surface area contributed by atoms with Crippen molar-refractivity contribution in [3.63, 3.8) is 0 Å². The molecule has 0 saturated carbocycles. The standard InChI is InChI=1S/C22H25BrN4O3.C3H6.C2H6.CH4/c1-21(2,3)30-20(28)26-10-8-22(29,9-11-26)17-6-4-15(5-7-17)16-12-24-19-18(23)13-25-27(19)14-16;1-3-2;1-2;/h4-7,12-14,29H,8-11H2,1-3H3;3H,1H2,2H3;1-2H3;1H4. The van der Waals surface area contributed by atoms with Gasteiger partial charge in [0.2, 0.25) is 0 Å². The first-order valence-corrected chi connectivity index (χ1v) is 12.7. The lowest BCUT2D eigenvalue weighted by molar-refractivity contribution is -0.0356. The number of piperidine rings is 1. The summed E-state index contributed by atoms with van der Waals surface area (Å²) in [6, 6.07) is 7.85. The monoisotopic (exact) mass is 560 g/mol. The number of allylic oxidation sites excluding steroid dienone is 1. The Morgan fingerprint density at radius 1 is 1.14 bits per heavy atom. The van der Waals surface area contributed by atoms with E-state index in [0.29, 0.717) is 25.9 Å². The molecule has 1 aliphatic rings. The molecule has 0 atom stereocenters. The Balaban J connectivity index is 0.00000101. The van der Waals surface area contributed by atoms with Crippen LogP contribution in [0.5, 0.6) is 0 Å². The van der Waals surface area contributed by atoms with Crippen LogP contribution in [0.4, 0.5) is 4.79 Å². The van der Waals surface area contributed by atoms with Crippen LogP contribution in [0.1, 0.15) is 67.4 Å². The Kier molecular flexibility index (Phi) is 11.8. The van der Waals surface area contributed by atoms with E-state index < -0.39 is 11.2 Å². The first kappa shape index (κ1) is 31.3. The minimum absolute atomic E-state index is 0. The first-order chi connectivity index (χ1) is 16.6. The second-order valence-electron chi connectivity index (χ2n) is 9.09. The average molecular weight is 562 g/mol. The Labute approximate surface area is 224 Å². The topological polar surface area (TPSA) is 80.0 Å². The van der Waals surface area contributed by atoms with Gasteiger partial charge < -0.3 is 14.7 Å². The number of carbonyl (C=O) groups excluding carboxylic acids is 1. The van der Waals surface area contributed by atoms with Crippen LogP contribution in [0.2, 0.25) is 0 Å². The molecule has 8 heteroatoms. The number of hydrogen-bond acceptors (Lipinski definition) is 5. The van der Waals surface area contributed by atoms with E-state index in [1.54, 1.807) is 21.7 Å². The molecule has 36 heavy (non-hydrogen) atoms. The minimum atomic E-state index is -0.952. The second kappa shape index (κ2) is 13.6. The molecular formula is C28H41BrN4O3. The van der Waals surface area contributed by atoms with Gasteiger partial charge in [0.05, 0.1) is 16.3 Å². The summed E-state index contributed by atoms with van der Waals surface area (Å²) in [6.45, 7) is 15.7. The highest BCUT2D eigenvalue weighted by atomic mass is 79.9. The summed E-state index contributed by atoms with van der Waals surface area (Å²) in [5.41, 5.74) is 2.08. The summed E-state index contributed by atoms with van der Waals surface area (Å²) in [5.74, 6) is 0. The van der Waals surface area contributed by atoms with Crippen LogP contribution in [0, 0.1) is 0 Å². The lowest BCUT2D eigenvalue weighted by Crippen LogP contribution is -2.46. The highest BCUT2D eigenvalue weighted by Crippen LogP contribution is 2.34. The van der Waals surface area contributed by atoms with E-state index in [1.807, 2.05) is 78.2 Å². The van der Waals surface area contributed by atoms with Crippen LogP contribution >= 0.6 is 15.9 Å². The molecule has 0 unspecified atom stereocenters. The van der Waals surface area contributed by atoms with Crippen LogP contribution in [0.15, 0.2) is 60.0 Å². The Morgan fingerprint density at radius 2 is 1.69 bits per heavy atom. The number of hydrogen-bond donors (Lipinski definition) is 1. The van der Waals surface area contributed by atoms with E-state index in [4.69, 9.17) is 4.74 Å². The zero-order chi connectivity index (χ0) is 26.2. The van der Waals surface area contributed by atoms with Crippen LogP contribution in [0.25, 0.3) is 16.8 Å². The van der Waals surface area contributed by atoms with Crippen molar-refractivity contribution in [3.8, 4) is 11.1 Å². The SMILES string of the molecule is C.C=CC.CC.CC(C)(C)OC(=O)N1CCC(O)(c2ccc(-c3cnc4c(Br)cnn4c3)cc2)CC1. The maximum Gasteiger partial charge on any atom is 0.410 e. The Bertz CT molecular complexity index is 1110. The normalized spacial score (nSPS) is 14.4. The summed E-state index contributed by atoms with van der Waals surface area (Å²) in [4.78, 5) is 18.4. The number of aromatic nitrogens is 3. The van der Waals surface area contributed by atoms with Crippen molar-refractivity contribution < 1.29 is 14.6 Å². The van der Waals surface area contributed by atoms with Crippen LogP contribution < -0.4 is 0 Å². The molecule has 198 valence electrons. The number of amides is 1. The summed E-state index contributed by atoms with van der Waals surface area (Å²) in [5, 5.41) is 15.4. The number of halogens is 1. The summed E-state index contributed by atoms with van der Waals surface area (Å²) < 4.78 is 8.02. The quantitative estimate of drug-likeness (QED) is 0.334. The largest absolute Gasteiger partial charge is 0.444 e. The van der Waals surface area contributed by atoms with E-state index in [2.05, 4.69) is 32.6 Å². The molecule has 1 aromatic carbocycles. The molecule has 3 aromatic rings. The van der Waals surface area contributed by atoms with E-state index >= 15 is 0 Å². The average Bonchev–Trinajstić information content (AvgIpc) is 3.20. The van der Waals surface area contributed by atoms with Crippen LogP contribution in [-0.4, -0.2) is 49.4 Å². The van der Waals surface area contributed by atoms with Crippen molar-refractivity contribution >= 4 is 27.7 Å². The number of ether oxygens (including phenoxy) is 1. The van der Waals surface area contributed by atoms with Gasteiger partial charge in [0.15, 0.2) is 5.65 Å². The third kappa shape index (κ3) is 7.90. The third-order valence-corrected chi connectivity index (χ3v) is 5.87. The van der Waals surface area contributed by atoms with Crippen molar-refractivity contribution in [2.75, 3.05) is 13.1 Å². The van der Waals surface area contributed by atoms with Gasteiger partial charge in [0.25, 0.3) is 0 Å². The minimum Gasteiger partial charge on any atom is -0.444 e. The number of aliphatic hydroxyl groups is 1. The molecule has 7 nitrogen and oxygen atoms in total. The molecule has 1 saturated heterocycles. The molecule has 1 N–H and O–H groups in total. The number of nitrogens with zero attached hydrogens (tertiary/aromatic N) is 4. The van der Waals surface area contributed by atoms with Crippen molar-refractivity contribution in [1.82, 2.24) is 19.5 Å². The molecule has 1 fully saturated rings. The van der Waals surface area contributed by atoms with Crippen LogP contribution in [0.3, 0.4) is 0 Å². The number of benzene rings is 1. The van der Waals surface area contributed by atoms with Crippen LogP contribution in [-0.2, 0) is 10.3 Å². The molecule has 0 spiro atoms. The van der Waals surface area contributed by atoms with Gasteiger partial charge in [-0.15, -0.1) is 6.58 Å². The second-order valence-corrected chi connectivity index (χ2v) is 9.94. The molecule has 0 bridgehead atoms. The molecule has 3 heterocycles. The van der Waals surface area contributed by atoms with Crippen molar-refractivity contribution in [3.05, 3.63) is 65.5 Å². The maximum absolute atomic E-state index is 12.3. The molecule has 0 aliphatic carbocycles. The molecule has 0 radical (unpaired) electrons. The van der Waals surface area contributed by atoms with E-state index in [0.717, 1.165) is 26.8 Å². The number of fused-ring (bicyclic) bond motifs is 1. The summed E-state index contributed by atoms with van der Waals surface area (Å²) >= 11 is 3.43. The third-order valence-electron chi connectivity index (χ3n) is 5.31. The zero-order valence-corrected chi connectivity index (χ0v) is 23.2. The highest BCUT2D eigenvalue weighted by molar-refractivity contribution is 9.10. The summed E-state index contributed by atoms with van der Waals surface area (Å²) in [7, 11) is 0. The van der Waals surface area contributed by atoms with E-state index in [-0.39, 0.29) is 13.5 Å². The Morgan fingerprint density at radius 3 is 2.22 bits per heavy atom. The number of likely N-dealkylation sites (tertiary alicyclic amines) is 1. The van der Waals surface area contributed by atoms with Gasteiger partial charge in [-0.1, -0.05) is 51.6 Å². The number of rotatable bonds is 2. The smallest absolute Gasteiger partial charge is 0.410 e. The fraction of sp³-hybridized carbons (Fsp3) is 0.464. The van der Waals surface area contributed by atoms with Crippen molar-refractivity contribution in [2.24, 2.45) is 0 Å². The molecule has 2 aromatic heterocycles. The van der Waals surface area contributed by atoms with Gasteiger partial charge in [0.1, 0.15) is 5.60 Å². The molecule has 1 aliphatic heterocycles. The van der Waals surface area contributed by atoms with E-state index in [1.165, 1.54) is 0 Å². The number of carbonyl (C=O) groups is 1. The fourth-order valence-corrected chi connectivity index (χ4v) is 4.02. The first-order valence-electron chi connectivity index (χ1n) is 11.9.